The smallest absolute Gasteiger partial charge is 0.329 e. The van der Waals surface area contributed by atoms with Crippen molar-refractivity contribution in [2.45, 2.75) is 25.0 Å². The number of rotatable bonds is 3. The zero-order valence-corrected chi connectivity index (χ0v) is 14.1. The number of halogens is 1. The van der Waals surface area contributed by atoms with Gasteiger partial charge in [0.15, 0.2) is 6.04 Å². The van der Waals surface area contributed by atoms with Gasteiger partial charge in [0.2, 0.25) is 0 Å². The molecular weight excluding hydrogens is 323 g/mol. The van der Waals surface area contributed by atoms with Gasteiger partial charge in [-0.05, 0) is 24.6 Å². The lowest BCUT2D eigenvalue weighted by atomic mass is 10.0. The molecule has 1 aromatic heterocycles. The van der Waals surface area contributed by atoms with E-state index in [1.165, 1.54) is 12.1 Å². The second-order valence-electron chi connectivity index (χ2n) is 6.58. The molecule has 25 heavy (non-hydrogen) atoms. The number of ether oxygens (including phenoxy) is 1. The lowest BCUT2D eigenvalue weighted by Crippen LogP contribution is -2.59. The molecule has 1 N–H and O–H groups in total. The number of aromatic nitrogens is 2. The van der Waals surface area contributed by atoms with E-state index in [0.717, 1.165) is 30.9 Å². The SMILES string of the molecule is CC(c1ccc(F)cc1)n1cncc1C1C(=O)OCC2CNCCN21. The van der Waals surface area contributed by atoms with Crippen molar-refractivity contribution in [2.75, 3.05) is 26.2 Å². The number of hydrogen-bond donors (Lipinski definition) is 1. The van der Waals surface area contributed by atoms with E-state index >= 15 is 0 Å². The van der Waals surface area contributed by atoms with Gasteiger partial charge in [-0.15, -0.1) is 0 Å². The fourth-order valence-corrected chi connectivity index (χ4v) is 3.71. The third-order valence-electron chi connectivity index (χ3n) is 5.11. The number of imidazole rings is 1. The van der Waals surface area contributed by atoms with Crippen molar-refractivity contribution in [1.29, 1.82) is 0 Å². The molecule has 2 saturated heterocycles. The molecule has 0 radical (unpaired) electrons. The first-order chi connectivity index (χ1) is 12.1. The molecule has 3 unspecified atom stereocenters. The van der Waals surface area contributed by atoms with E-state index in [4.69, 9.17) is 4.74 Å². The van der Waals surface area contributed by atoms with Gasteiger partial charge in [-0.1, -0.05) is 12.1 Å². The van der Waals surface area contributed by atoms with Crippen molar-refractivity contribution in [3.05, 3.63) is 53.9 Å². The molecule has 3 atom stereocenters. The highest BCUT2D eigenvalue weighted by Crippen LogP contribution is 2.32. The largest absolute Gasteiger partial charge is 0.463 e. The molecule has 2 fully saturated rings. The maximum absolute atomic E-state index is 13.2. The topological polar surface area (TPSA) is 59.4 Å². The second kappa shape index (κ2) is 6.57. The molecule has 1 aromatic carbocycles. The average molecular weight is 344 g/mol. The van der Waals surface area contributed by atoms with Gasteiger partial charge in [-0.25, -0.2) is 14.2 Å². The number of esters is 1. The highest BCUT2D eigenvalue weighted by Gasteiger charge is 2.41. The summed E-state index contributed by atoms with van der Waals surface area (Å²) in [7, 11) is 0. The molecule has 3 heterocycles. The Balaban J connectivity index is 1.68. The summed E-state index contributed by atoms with van der Waals surface area (Å²) in [5, 5.41) is 3.34. The van der Waals surface area contributed by atoms with Crippen LogP contribution >= 0.6 is 0 Å². The fraction of sp³-hybridized carbons (Fsp3) is 0.444. The van der Waals surface area contributed by atoms with Crippen LogP contribution in [0.25, 0.3) is 0 Å². The molecule has 7 heteroatoms. The quantitative estimate of drug-likeness (QED) is 0.855. The molecule has 2 aromatic rings. The lowest BCUT2D eigenvalue weighted by molar-refractivity contribution is -0.164. The third kappa shape index (κ3) is 2.94. The molecule has 0 spiro atoms. The predicted molar refractivity (Wildman–Crippen MR) is 89.5 cm³/mol. The Morgan fingerprint density at radius 3 is 2.96 bits per heavy atom. The van der Waals surface area contributed by atoms with Crippen molar-refractivity contribution in [3.8, 4) is 0 Å². The van der Waals surface area contributed by atoms with Crippen LogP contribution in [0.2, 0.25) is 0 Å². The zero-order chi connectivity index (χ0) is 17.4. The Morgan fingerprint density at radius 1 is 1.36 bits per heavy atom. The Kier molecular flexibility index (Phi) is 4.27. The van der Waals surface area contributed by atoms with Crippen molar-refractivity contribution < 1.29 is 13.9 Å². The standard InChI is InChI=1S/C18H21FN4O2/c1-12(13-2-4-14(19)5-3-13)23-11-21-9-16(23)17-18(24)25-10-15-8-20-6-7-22(15)17/h2-5,9,11-12,15,17,20H,6-8,10H2,1H3. The highest BCUT2D eigenvalue weighted by molar-refractivity contribution is 5.78. The molecule has 0 aliphatic carbocycles. The van der Waals surface area contributed by atoms with E-state index in [-0.39, 0.29) is 23.9 Å². The van der Waals surface area contributed by atoms with Gasteiger partial charge in [0.1, 0.15) is 12.4 Å². The van der Waals surface area contributed by atoms with Crippen LogP contribution < -0.4 is 5.32 Å². The Morgan fingerprint density at radius 2 is 2.16 bits per heavy atom. The first kappa shape index (κ1) is 16.2. The Bertz CT molecular complexity index is 761. The minimum absolute atomic E-state index is 0.0609. The van der Waals surface area contributed by atoms with E-state index in [1.807, 2.05) is 11.5 Å². The van der Waals surface area contributed by atoms with Gasteiger partial charge >= 0.3 is 5.97 Å². The highest BCUT2D eigenvalue weighted by atomic mass is 19.1. The first-order valence-corrected chi connectivity index (χ1v) is 8.55. The Hall–Kier alpha value is -2.25. The lowest BCUT2D eigenvalue weighted by Gasteiger charge is -2.43. The minimum Gasteiger partial charge on any atom is -0.463 e. The van der Waals surface area contributed by atoms with Crippen LogP contribution in [-0.2, 0) is 9.53 Å². The normalized spacial score (nSPS) is 25.3. The fourth-order valence-electron chi connectivity index (χ4n) is 3.71. The van der Waals surface area contributed by atoms with E-state index in [1.54, 1.807) is 24.7 Å². The summed E-state index contributed by atoms with van der Waals surface area (Å²) in [6.07, 6.45) is 3.46. The van der Waals surface area contributed by atoms with E-state index in [9.17, 15) is 9.18 Å². The third-order valence-corrected chi connectivity index (χ3v) is 5.11. The van der Waals surface area contributed by atoms with Gasteiger partial charge in [0.25, 0.3) is 0 Å². The van der Waals surface area contributed by atoms with Gasteiger partial charge in [0.05, 0.1) is 30.3 Å². The number of nitrogens with one attached hydrogen (secondary N) is 1. The van der Waals surface area contributed by atoms with Crippen LogP contribution in [0.15, 0.2) is 36.8 Å². The summed E-state index contributed by atoms with van der Waals surface area (Å²) in [5.74, 6) is -0.493. The van der Waals surface area contributed by atoms with Crippen molar-refractivity contribution in [1.82, 2.24) is 19.8 Å². The number of nitrogens with zero attached hydrogens (tertiary/aromatic N) is 3. The zero-order valence-electron chi connectivity index (χ0n) is 14.1. The van der Waals surface area contributed by atoms with Gasteiger partial charge in [0, 0.05) is 19.6 Å². The molecule has 2 aliphatic heterocycles. The first-order valence-electron chi connectivity index (χ1n) is 8.55. The molecule has 132 valence electrons. The molecule has 6 nitrogen and oxygen atoms in total. The summed E-state index contributed by atoms with van der Waals surface area (Å²) < 4.78 is 20.6. The van der Waals surface area contributed by atoms with Crippen LogP contribution in [-0.4, -0.2) is 52.7 Å². The minimum atomic E-state index is -0.453. The average Bonchev–Trinajstić information content (AvgIpc) is 3.11. The monoisotopic (exact) mass is 344 g/mol. The van der Waals surface area contributed by atoms with Gasteiger partial charge < -0.3 is 14.6 Å². The van der Waals surface area contributed by atoms with Gasteiger partial charge in [-0.2, -0.15) is 0 Å². The van der Waals surface area contributed by atoms with Crippen LogP contribution in [0.5, 0.6) is 0 Å². The number of cyclic esters (lactones) is 1. The van der Waals surface area contributed by atoms with Crippen LogP contribution in [0, 0.1) is 5.82 Å². The number of carbonyl (C=O) groups is 1. The van der Waals surface area contributed by atoms with Crippen LogP contribution in [0.4, 0.5) is 4.39 Å². The summed E-state index contributed by atoms with van der Waals surface area (Å²) in [4.78, 5) is 19.0. The van der Waals surface area contributed by atoms with E-state index in [2.05, 4.69) is 15.2 Å². The number of benzene rings is 1. The number of carbonyl (C=O) groups excluding carboxylic acids is 1. The van der Waals surface area contributed by atoms with Crippen LogP contribution in [0.1, 0.15) is 30.3 Å². The summed E-state index contributed by atoms with van der Waals surface area (Å²) in [6.45, 7) is 4.89. The molecule has 2 aliphatic rings. The van der Waals surface area contributed by atoms with Crippen molar-refractivity contribution in [3.63, 3.8) is 0 Å². The Labute approximate surface area is 145 Å². The van der Waals surface area contributed by atoms with Crippen molar-refractivity contribution in [2.24, 2.45) is 0 Å². The number of hydrogen-bond acceptors (Lipinski definition) is 5. The predicted octanol–water partition coefficient (Wildman–Crippen LogP) is 1.50. The number of fused-ring (bicyclic) bond motifs is 1. The molecule has 0 amide bonds. The van der Waals surface area contributed by atoms with Crippen molar-refractivity contribution >= 4 is 5.97 Å². The summed E-state index contributed by atoms with van der Waals surface area (Å²) in [5.41, 5.74) is 1.77. The molecule has 0 bridgehead atoms. The van der Waals surface area contributed by atoms with E-state index < -0.39 is 6.04 Å². The number of morpholine rings is 1. The molecular formula is C18H21FN4O2. The number of piperazine rings is 1. The van der Waals surface area contributed by atoms with Crippen LogP contribution in [0.3, 0.4) is 0 Å². The summed E-state index contributed by atoms with van der Waals surface area (Å²) >= 11 is 0. The maximum atomic E-state index is 13.2. The maximum Gasteiger partial charge on any atom is 0.329 e. The molecule has 0 saturated carbocycles. The summed E-state index contributed by atoms with van der Waals surface area (Å²) in [6, 6.07) is 6.09. The molecule has 4 rings (SSSR count). The van der Waals surface area contributed by atoms with E-state index in [0.29, 0.717) is 6.61 Å². The van der Waals surface area contributed by atoms with Gasteiger partial charge in [-0.3, -0.25) is 4.90 Å². The second-order valence-corrected chi connectivity index (χ2v) is 6.58.